The molecule has 62 valence electrons. The Hall–Kier alpha value is -1.13. The fraction of sp³-hybridized carbons (Fsp3) is 0.125. The van der Waals surface area contributed by atoms with Crippen molar-refractivity contribution in [2.75, 3.05) is 0 Å². The number of fused-ring (bicyclic) bond motifs is 1. The average molecular weight is 181 g/mol. The highest BCUT2D eigenvalue weighted by Crippen LogP contribution is 2.25. The summed E-state index contributed by atoms with van der Waals surface area (Å²) >= 11 is 1.39. The van der Waals surface area contributed by atoms with E-state index in [0.717, 1.165) is 10.2 Å². The number of phenols is 1. The molecule has 2 rings (SSSR count). The molecule has 0 aliphatic carbocycles. The van der Waals surface area contributed by atoms with Crippen LogP contribution in [0.3, 0.4) is 0 Å². The van der Waals surface area contributed by atoms with Crippen LogP contribution in [0.5, 0.6) is 5.75 Å². The number of nitrogens with zero attached hydrogens (tertiary/aromatic N) is 1. The number of hydrogen-bond acceptors (Lipinski definition) is 4. The molecular weight excluding hydrogens is 174 g/mol. The molecule has 2 N–H and O–H groups in total. The zero-order valence-corrected chi connectivity index (χ0v) is 7.01. The van der Waals surface area contributed by atoms with Crippen molar-refractivity contribution in [1.29, 1.82) is 0 Å². The summed E-state index contributed by atoms with van der Waals surface area (Å²) in [5.74, 6) is 0.232. The molecule has 2 aromatic rings. The van der Waals surface area contributed by atoms with Crippen LogP contribution in [0.15, 0.2) is 18.2 Å². The largest absolute Gasteiger partial charge is 0.508 e. The van der Waals surface area contributed by atoms with Gasteiger partial charge in [-0.2, -0.15) is 0 Å². The first kappa shape index (κ1) is 7.52. The Morgan fingerprint density at radius 2 is 2.25 bits per heavy atom. The first-order valence-corrected chi connectivity index (χ1v) is 4.30. The lowest BCUT2D eigenvalue weighted by molar-refractivity contribution is 0.281. The molecule has 0 unspecified atom stereocenters. The zero-order chi connectivity index (χ0) is 8.55. The van der Waals surface area contributed by atoms with Crippen molar-refractivity contribution in [2.45, 2.75) is 6.61 Å². The fourth-order valence-corrected chi connectivity index (χ4v) is 1.89. The lowest BCUT2D eigenvalue weighted by atomic mass is 10.3. The molecule has 0 amide bonds. The Labute approximate surface area is 72.9 Å². The molecule has 1 aromatic heterocycles. The number of aliphatic hydroxyl groups excluding tert-OH is 1. The van der Waals surface area contributed by atoms with Crippen molar-refractivity contribution in [1.82, 2.24) is 4.98 Å². The van der Waals surface area contributed by atoms with Gasteiger partial charge in [0.15, 0.2) is 0 Å². The van der Waals surface area contributed by atoms with Gasteiger partial charge in [-0.3, -0.25) is 0 Å². The Morgan fingerprint density at radius 3 is 3.00 bits per heavy atom. The molecule has 1 heterocycles. The minimum atomic E-state index is -0.0416. The van der Waals surface area contributed by atoms with Crippen molar-refractivity contribution in [3.63, 3.8) is 0 Å². The van der Waals surface area contributed by atoms with Crippen molar-refractivity contribution >= 4 is 21.6 Å². The van der Waals surface area contributed by atoms with Crippen LogP contribution in [-0.2, 0) is 6.61 Å². The molecule has 0 aliphatic heterocycles. The third-order valence-electron chi connectivity index (χ3n) is 1.55. The summed E-state index contributed by atoms with van der Waals surface area (Å²) < 4.78 is 0.902. The topological polar surface area (TPSA) is 53.4 Å². The van der Waals surface area contributed by atoms with E-state index in [1.807, 2.05) is 0 Å². The van der Waals surface area contributed by atoms with E-state index < -0.39 is 0 Å². The van der Waals surface area contributed by atoms with Crippen LogP contribution in [-0.4, -0.2) is 15.2 Å². The van der Waals surface area contributed by atoms with Gasteiger partial charge in [0.25, 0.3) is 0 Å². The summed E-state index contributed by atoms with van der Waals surface area (Å²) in [5.41, 5.74) is 0.821. The highest BCUT2D eigenvalue weighted by Gasteiger charge is 2.02. The smallest absolute Gasteiger partial charge is 0.119 e. The van der Waals surface area contributed by atoms with Gasteiger partial charge in [-0.05, 0) is 18.2 Å². The second kappa shape index (κ2) is 2.73. The fourth-order valence-electron chi connectivity index (χ4n) is 1.03. The minimum Gasteiger partial charge on any atom is -0.508 e. The third kappa shape index (κ3) is 1.15. The van der Waals surface area contributed by atoms with Crippen LogP contribution in [0.2, 0.25) is 0 Å². The quantitative estimate of drug-likeness (QED) is 0.700. The monoisotopic (exact) mass is 181 g/mol. The lowest BCUT2D eigenvalue weighted by Gasteiger charge is -1.87. The van der Waals surface area contributed by atoms with Crippen molar-refractivity contribution in [2.24, 2.45) is 0 Å². The lowest BCUT2D eigenvalue weighted by Crippen LogP contribution is -1.77. The van der Waals surface area contributed by atoms with Gasteiger partial charge < -0.3 is 10.2 Å². The van der Waals surface area contributed by atoms with Crippen molar-refractivity contribution in [3.8, 4) is 5.75 Å². The molecule has 0 fully saturated rings. The van der Waals surface area contributed by atoms with Crippen molar-refractivity contribution in [3.05, 3.63) is 23.2 Å². The van der Waals surface area contributed by atoms with E-state index in [0.29, 0.717) is 5.01 Å². The summed E-state index contributed by atoms with van der Waals surface area (Å²) in [6.07, 6.45) is 0. The van der Waals surface area contributed by atoms with Gasteiger partial charge in [0.2, 0.25) is 0 Å². The van der Waals surface area contributed by atoms with Crippen LogP contribution in [0.1, 0.15) is 5.01 Å². The number of thiazole rings is 1. The van der Waals surface area contributed by atoms with Gasteiger partial charge in [0.1, 0.15) is 10.8 Å². The number of benzene rings is 1. The summed E-state index contributed by atoms with van der Waals surface area (Å²) in [4.78, 5) is 4.13. The van der Waals surface area contributed by atoms with Crippen LogP contribution >= 0.6 is 11.3 Å². The van der Waals surface area contributed by atoms with E-state index in [-0.39, 0.29) is 12.4 Å². The molecule has 0 bridgehead atoms. The molecule has 0 saturated heterocycles. The summed E-state index contributed by atoms with van der Waals surface area (Å²) in [5, 5.41) is 18.6. The van der Waals surface area contributed by atoms with Crippen LogP contribution in [0.4, 0.5) is 0 Å². The first-order chi connectivity index (χ1) is 5.79. The van der Waals surface area contributed by atoms with Gasteiger partial charge in [0, 0.05) is 0 Å². The maximum Gasteiger partial charge on any atom is 0.119 e. The van der Waals surface area contributed by atoms with Gasteiger partial charge in [0.05, 0.1) is 16.8 Å². The Kier molecular flexibility index (Phi) is 1.71. The van der Waals surface area contributed by atoms with Gasteiger partial charge >= 0.3 is 0 Å². The Morgan fingerprint density at radius 1 is 1.42 bits per heavy atom. The van der Waals surface area contributed by atoms with E-state index in [1.54, 1.807) is 18.2 Å². The summed E-state index contributed by atoms with van der Waals surface area (Å²) in [6, 6.07) is 4.97. The van der Waals surface area contributed by atoms with Crippen LogP contribution < -0.4 is 0 Å². The molecule has 0 saturated carbocycles. The van der Waals surface area contributed by atoms with Gasteiger partial charge in [-0.15, -0.1) is 11.3 Å². The molecule has 0 aliphatic rings. The molecule has 0 atom stereocenters. The molecule has 4 heteroatoms. The molecule has 0 spiro atoms. The number of rotatable bonds is 1. The van der Waals surface area contributed by atoms with E-state index >= 15 is 0 Å². The standard InChI is InChI=1S/C8H7NO2S/c10-4-8-9-6-2-1-5(11)3-7(6)12-8/h1-3,10-11H,4H2. The van der Waals surface area contributed by atoms with E-state index in [9.17, 15) is 0 Å². The van der Waals surface area contributed by atoms with Crippen LogP contribution in [0, 0.1) is 0 Å². The highest BCUT2D eigenvalue weighted by atomic mass is 32.1. The maximum atomic E-state index is 9.13. The number of phenolic OH excluding ortho intramolecular Hbond substituents is 1. The molecule has 3 nitrogen and oxygen atoms in total. The molecule has 12 heavy (non-hydrogen) atoms. The van der Waals surface area contributed by atoms with Crippen LogP contribution in [0.25, 0.3) is 10.2 Å². The number of aliphatic hydroxyl groups is 1. The predicted molar refractivity (Wildman–Crippen MR) is 47.2 cm³/mol. The van der Waals surface area contributed by atoms with Gasteiger partial charge in [-0.25, -0.2) is 4.98 Å². The van der Waals surface area contributed by atoms with E-state index in [4.69, 9.17) is 10.2 Å². The van der Waals surface area contributed by atoms with Gasteiger partial charge in [-0.1, -0.05) is 0 Å². The first-order valence-electron chi connectivity index (χ1n) is 3.49. The number of aromatic hydroxyl groups is 1. The number of aromatic nitrogens is 1. The SMILES string of the molecule is OCc1nc2ccc(O)cc2s1. The van der Waals surface area contributed by atoms with E-state index in [2.05, 4.69) is 4.98 Å². The highest BCUT2D eigenvalue weighted by molar-refractivity contribution is 7.18. The van der Waals surface area contributed by atoms with E-state index in [1.165, 1.54) is 11.3 Å². The second-order valence-corrected chi connectivity index (χ2v) is 3.53. The zero-order valence-electron chi connectivity index (χ0n) is 6.19. The summed E-state index contributed by atoms with van der Waals surface area (Å²) in [6.45, 7) is -0.0416. The Balaban J connectivity index is 2.67. The average Bonchev–Trinajstić information content (AvgIpc) is 2.46. The van der Waals surface area contributed by atoms with Crippen molar-refractivity contribution < 1.29 is 10.2 Å². The Bertz CT molecular complexity index is 410. The molecule has 1 aromatic carbocycles. The molecular formula is C8H7NO2S. The second-order valence-electron chi connectivity index (χ2n) is 2.42. The maximum absolute atomic E-state index is 9.13. The third-order valence-corrected chi connectivity index (χ3v) is 2.55. The summed E-state index contributed by atoms with van der Waals surface area (Å²) in [7, 11) is 0. The number of hydrogen-bond donors (Lipinski definition) is 2. The normalized spacial score (nSPS) is 10.8. The predicted octanol–water partition coefficient (Wildman–Crippen LogP) is 1.49. The molecule has 0 radical (unpaired) electrons. The minimum absolute atomic E-state index is 0.0416.